The zero-order chi connectivity index (χ0) is 11.8. The molecule has 0 radical (unpaired) electrons. The van der Waals surface area contributed by atoms with Crippen LogP contribution in [0, 0.1) is 13.8 Å². The molecule has 0 unspecified atom stereocenters. The summed E-state index contributed by atoms with van der Waals surface area (Å²) < 4.78 is 1.97. The molecule has 0 spiro atoms. The Morgan fingerprint density at radius 1 is 1.00 bits per heavy atom. The highest BCUT2D eigenvalue weighted by Crippen LogP contribution is 2.18. The summed E-state index contributed by atoms with van der Waals surface area (Å²) in [5, 5.41) is 0. The van der Waals surface area contributed by atoms with Crippen molar-refractivity contribution in [2.24, 2.45) is 0 Å². The van der Waals surface area contributed by atoms with Gasteiger partial charge >= 0.3 is 0 Å². The second kappa shape index (κ2) is 3.66. The van der Waals surface area contributed by atoms with Gasteiger partial charge in [0.1, 0.15) is 5.82 Å². The van der Waals surface area contributed by atoms with Crippen molar-refractivity contribution in [1.82, 2.24) is 19.5 Å². The Morgan fingerprint density at radius 2 is 1.71 bits per heavy atom. The Balaban J connectivity index is 2.29. The van der Waals surface area contributed by atoms with Crippen LogP contribution in [0.2, 0.25) is 0 Å². The molecule has 3 aromatic rings. The van der Waals surface area contributed by atoms with Crippen molar-refractivity contribution >= 4 is 11.0 Å². The summed E-state index contributed by atoms with van der Waals surface area (Å²) in [6.45, 7) is 3.94. The van der Waals surface area contributed by atoms with Gasteiger partial charge in [-0.05, 0) is 31.5 Å². The van der Waals surface area contributed by atoms with Crippen molar-refractivity contribution in [3.8, 4) is 5.95 Å². The van der Waals surface area contributed by atoms with Crippen LogP contribution in [0.4, 0.5) is 0 Å². The van der Waals surface area contributed by atoms with Crippen LogP contribution in [0.15, 0.2) is 36.7 Å². The van der Waals surface area contributed by atoms with Gasteiger partial charge in [0, 0.05) is 12.4 Å². The topological polar surface area (TPSA) is 43.6 Å². The third-order valence-corrected chi connectivity index (χ3v) is 2.70. The predicted molar refractivity (Wildman–Crippen MR) is 66.1 cm³/mol. The lowest BCUT2D eigenvalue weighted by atomic mass is 10.3. The van der Waals surface area contributed by atoms with Gasteiger partial charge in [0.25, 0.3) is 0 Å². The van der Waals surface area contributed by atoms with Crippen molar-refractivity contribution in [3.05, 3.63) is 48.0 Å². The number of rotatable bonds is 1. The van der Waals surface area contributed by atoms with Crippen LogP contribution in [-0.2, 0) is 0 Å². The van der Waals surface area contributed by atoms with E-state index in [4.69, 9.17) is 0 Å². The Morgan fingerprint density at radius 3 is 2.47 bits per heavy atom. The molecule has 0 aliphatic heterocycles. The molecule has 3 rings (SSSR count). The van der Waals surface area contributed by atoms with E-state index in [1.165, 1.54) is 0 Å². The molecule has 2 heterocycles. The lowest BCUT2D eigenvalue weighted by Gasteiger charge is -2.04. The van der Waals surface area contributed by atoms with E-state index in [0.29, 0.717) is 5.95 Å². The molecule has 84 valence electrons. The second-order valence-electron chi connectivity index (χ2n) is 4.04. The number of aromatic nitrogens is 4. The van der Waals surface area contributed by atoms with Crippen molar-refractivity contribution in [3.63, 3.8) is 0 Å². The van der Waals surface area contributed by atoms with Gasteiger partial charge < -0.3 is 0 Å². The molecule has 4 heteroatoms. The highest BCUT2D eigenvalue weighted by atomic mass is 15.2. The van der Waals surface area contributed by atoms with E-state index in [9.17, 15) is 0 Å². The first kappa shape index (κ1) is 9.96. The molecule has 0 aliphatic rings. The standard InChI is InChI=1S/C13H12N4/c1-9-7-14-13(15-8-9)17-10(2)16-11-5-3-4-6-12(11)17/h3-8H,1-2H3. The third-order valence-electron chi connectivity index (χ3n) is 2.70. The molecule has 4 nitrogen and oxygen atoms in total. The van der Waals surface area contributed by atoms with Gasteiger partial charge in [-0.2, -0.15) is 0 Å². The normalized spacial score (nSPS) is 10.9. The van der Waals surface area contributed by atoms with E-state index >= 15 is 0 Å². The number of hydrogen-bond acceptors (Lipinski definition) is 3. The van der Waals surface area contributed by atoms with Crippen molar-refractivity contribution in [1.29, 1.82) is 0 Å². The summed E-state index contributed by atoms with van der Waals surface area (Å²) in [7, 11) is 0. The van der Waals surface area contributed by atoms with E-state index in [1.54, 1.807) is 0 Å². The van der Waals surface area contributed by atoms with Crippen LogP contribution in [0.5, 0.6) is 0 Å². The van der Waals surface area contributed by atoms with E-state index in [1.807, 2.05) is 55.1 Å². The van der Waals surface area contributed by atoms with Gasteiger partial charge in [-0.1, -0.05) is 12.1 Å². The summed E-state index contributed by atoms with van der Waals surface area (Å²) in [4.78, 5) is 13.2. The Bertz CT molecular complexity index is 667. The van der Waals surface area contributed by atoms with Gasteiger partial charge in [-0.3, -0.25) is 4.57 Å². The summed E-state index contributed by atoms with van der Waals surface area (Å²) in [6, 6.07) is 7.99. The summed E-state index contributed by atoms with van der Waals surface area (Å²) in [5.41, 5.74) is 3.05. The Hall–Kier alpha value is -2.23. The molecule has 2 aromatic heterocycles. The molecule has 0 aliphatic carbocycles. The van der Waals surface area contributed by atoms with Gasteiger partial charge in [0.15, 0.2) is 0 Å². The number of hydrogen-bond donors (Lipinski definition) is 0. The van der Waals surface area contributed by atoms with Crippen molar-refractivity contribution in [2.75, 3.05) is 0 Å². The number of aryl methyl sites for hydroxylation is 2. The first-order valence-corrected chi connectivity index (χ1v) is 5.49. The number of imidazole rings is 1. The third kappa shape index (κ3) is 1.58. The molecular formula is C13H12N4. The summed E-state index contributed by atoms with van der Waals surface area (Å²) in [5.74, 6) is 1.57. The van der Waals surface area contributed by atoms with Gasteiger partial charge in [0.05, 0.1) is 11.0 Å². The maximum absolute atomic E-state index is 4.49. The molecule has 1 aromatic carbocycles. The minimum Gasteiger partial charge on any atom is -0.264 e. The lowest BCUT2D eigenvalue weighted by Crippen LogP contribution is -2.02. The average Bonchev–Trinajstić information content (AvgIpc) is 2.66. The van der Waals surface area contributed by atoms with Crippen molar-refractivity contribution in [2.45, 2.75) is 13.8 Å². The molecule has 17 heavy (non-hydrogen) atoms. The van der Waals surface area contributed by atoms with Crippen LogP contribution in [0.25, 0.3) is 17.0 Å². The number of fused-ring (bicyclic) bond motifs is 1. The molecule has 0 saturated carbocycles. The Labute approximate surface area is 99.0 Å². The minimum atomic E-state index is 0.668. The number of benzene rings is 1. The molecule has 0 atom stereocenters. The lowest BCUT2D eigenvalue weighted by molar-refractivity contribution is 0.898. The van der Waals surface area contributed by atoms with Gasteiger partial charge in [0.2, 0.25) is 5.95 Å². The first-order valence-electron chi connectivity index (χ1n) is 5.49. The zero-order valence-corrected chi connectivity index (χ0v) is 9.75. The largest absolute Gasteiger partial charge is 0.264 e. The van der Waals surface area contributed by atoms with Crippen LogP contribution in [0.1, 0.15) is 11.4 Å². The van der Waals surface area contributed by atoms with E-state index in [2.05, 4.69) is 15.0 Å². The second-order valence-corrected chi connectivity index (χ2v) is 4.04. The fourth-order valence-corrected chi connectivity index (χ4v) is 1.90. The molecule has 0 amide bonds. The summed E-state index contributed by atoms with van der Waals surface area (Å²) >= 11 is 0. The molecule has 0 N–H and O–H groups in total. The SMILES string of the molecule is Cc1cnc(-n2c(C)nc3ccccc32)nc1. The number of nitrogens with zero attached hydrogens (tertiary/aromatic N) is 4. The van der Waals surface area contributed by atoms with E-state index < -0.39 is 0 Å². The van der Waals surface area contributed by atoms with Crippen LogP contribution < -0.4 is 0 Å². The quantitative estimate of drug-likeness (QED) is 0.637. The number of para-hydroxylation sites is 2. The molecule has 0 fully saturated rings. The fraction of sp³-hybridized carbons (Fsp3) is 0.154. The average molecular weight is 224 g/mol. The fourth-order valence-electron chi connectivity index (χ4n) is 1.90. The zero-order valence-electron chi connectivity index (χ0n) is 9.75. The first-order chi connectivity index (χ1) is 8.25. The smallest absolute Gasteiger partial charge is 0.235 e. The Kier molecular flexibility index (Phi) is 2.14. The molecular weight excluding hydrogens is 212 g/mol. The maximum atomic E-state index is 4.49. The predicted octanol–water partition coefficient (Wildman–Crippen LogP) is 2.43. The molecule has 0 bridgehead atoms. The van der Waals surface area contributed by atoms with Crippen LogP contribution in [-0.4, -0.2) is 19.5 Å². The summed E-state index contributed by atoms with van der Waals surface area (Å²) in [6.07, 6.45) is 3.63. The van der Waals surface area contributed by atoms with Crippen LogP contribution >= 0.6 is 0 Å². The van der Waals surface area contributed by atoms with Crippen molar-refractivity contribution < 1.29 is 0 Å². The van der Waals surface area contributed by atoms with E-state index in [0.717, 1.165) is 22.4 Å². The monoisotopic (exact) mass is 224 g/mol. The highest BCUT2D eigenvalue weighted by molar-refractivity contribution is 5.77. The maximum Gasteiger partial charge on any atom is 0.235 e. The van der Waals surface area contributed by atoms with Gasteiger partial charge in [-0.15, -0.1) is 0 Å². The highest BCUT2D eigenvalue weighted by Gasteiger charge is 2.09. The minimum absolute atomic E-state index is 0.668. The molecule has 0 saturated heterocycles. The van der Waals surface area contributed by atoms with Gasteiger partial charge in [-0.25, -0.2) is 15.0 Å². The van der Waals surface area contributed by atoms with Crippen LogP contribution in [0.3, 0.4) is 0 Å². The van der Waals surface area contributed by atoms with E-state index in [-0.39, 0.29) is 0 Å².